The number of aromatic nitrogens is 2. The van der Waals surface area contributed by atoms with Crippen molar-refractivity contribution in [1.29, 1.82) is 0 Å². The molecule has 31 heavy (non-hydrogen) atoms. The summed E-state index contributed by atoms with van der Waals surface area (Å²) >= 11 is 0. The van der Waals surface area contributed by atoms with Crippen LogP contribution in [-0.2, 0) is 39.5 Å². The molecule has 9 nitrogen and oxygen atoms in total. The molecule has 0 amide bonds. The smallest absolute Gasteiger partial charge is 0.343 e. The molecule has 0 spiro atoms. The Kier molecular flexibility index (Phi) is 3.97. The third kappa shape index (κ3) is 2.59. The highest BCUT2D eigenvalue weighted by Crippen LogP contribution is 2.40. The van der Waals surface area contributed by atoms with Crippen LogP contribution < -0.4 is 5.56 Å². The summed E-state index contributed by atoms with van der Waals surface area (Å²) in [6.45, 7) is 1.48. The number of rotatable bonds is 3. The molecule has 0 saturated carbocycles. The highest BCUT2D eigenvalue weighted by atomic mass is 16.6. The van der Waals surface area contributed by atoms with Crippen LogP contribution in [0.1, 0.15) is 35.6 Å². The minimum atomic E-state index is -1.93. The summed E-state index contributed by atoms with van der Waals surface area (Å²) in [5.41, 5.74) is 0.362. The van der Waals surface area contributed by atoms with Gasteiger partial charge in [-0.25, -0.2) is 9.78 Å². The van der Waals surface area contributed by atoms with Gasteiger partial charge in [-0.2, -0.15) is 0 Å². The number of carboxylic acid groups (broad SMARTS) is 1. The molecule has 1 aromatic carbocycles. The number of pyridine rings is 2. The van der Waals surface area contributed by atoms with Crippen molar-refractivity contribution in [3.63, 3.8) is 0 Å². The van der Waals surface area contributed by atoms with Crippen LogP contribution in [0.25, 0.3) is 22.3 Å². The molecular formula is C22H18N2O7. The molecule has 0 aliphatic carbocycles. The van der Waals surface area contributed by atoms with Gasteiger partial charge in [0, 0.05) is 16.5 Å². The first kappa shape index (κ1) is 19.3. The largest absolute Gasteiger partial charge is 0.508 e. The number of aromatic hydroxyl groups is 1. The minimum absolute atomic E-state index is 0.0206. The lowest BCUT2D eigenvalue weighted by Gasteiger charge is -2.31. The van der Waals surface area contributed by atoms with E-state index in [1.807, 2.05) is 0 Å². The fraction of sp³-hybridized carbons (Fsp3) is 0.273. The van der Waals surface area contributed by atoms with Gasteiger partial charge in [0.25, 0.3) is 5.56 Å². The van der Waals surface area contributed by atoms with E-state index in [0.717, 1.165) is 0 Å². The fourth-order valence-corrected chi connectivity index (χ4v) is 4.50. The Hall–Kier alpha value is -3.72. The van der Waals surface area contributed by atoms with Crippen molar-refractivity contribution in [2.24, 2.45) is 0 Å². The zero-order chi connectivity index (χ0) is 22.1. The van der Waals surface area contributed by atoms with Gasteiger partial charge < -0.3 is 24.6 Å². The number of ether oxygens (including phenoxy) is 1. The van der Waals surface area contributed by atoms with E-state index >= 15 is 0 Å². The molecule has 158 valence electrons. The molecule has 5 rings (SSSR count). The van der Waals surface area contributed by atoms with Crippen LogP contribution in [0.5, 0.6) is 5.75 Å². The molecule has 2 aliphatic heterocycles. The number of fused-ring (bicyclic) bond motifs is 5. The maximum atomic E-state index is 13.2. The molecule has 3 aromatic rings. The van der Waals surface area contributed by atoms with E-state index in [9.17, 15) is 29.7 Å². The summed E-state index contributed by atoms with van der Waals surface area (Å²) in [5.74, 6) is -1.88. The lowest BCUT2D eigenvalue weighted by atomic mass is 9.86. The summed E-state index contributed by atoms with van der Waals surface area (Å²) in [6.07, 6.45) is -0.281. The Morgan fingerprint density at radius 2 is 2.03 bits per heavy atom. The Bertz CT molecular complexity index is 1370. The second-order valence-corrected chi connectivity index (χ2v) is 7.79. The maximum Gasteiger partial charge on any atom is 0.343 e. The first-order valence-electron chi connectivity index (χ1n) is 9.78. The Balaban J connectivity index is 1.83. The van der Waals surface area contributed by atoms with E-state index in [-0.39, 0.29) is 42.9 Å². The monoisotopic (exact) mass is 422 g/mol. The summed E-state index contributed by atoms with van der Waals surface area (Å²) in [6, 6.07) is 6.07. The number of hydrogen-bond donors (Lipinski definition) is 3. The molecule has 0 unspecified atom stereocenters. The molecule has 2 aliphatic rings. The van der Waals surface area contributed by atoms with Crippen LogP contribution in [0.3, 0.4) is 0 Å². The van der Waals surface area contributed by atoms with Crippen LogP contribution >= 0.6 is 0 Å². The Morgan fingerprint density at radius 3 is 2.74 bits per heavy atom. The number of carbonyl (C=O) groups excluding carboxylic acids is 1. The summed E-state index contributed by atoms with van der Waals surface area (Å²) < 4.78 is 6.51. The standard InChI is InChI=1S/C22H18N2O7/c1-2-22(30)15-7-17-19-13(8-24(17)20(28)14(15)9-31-21(22)29)11(6-18(26)27)12-5-10(25)3-4-16(12)23-19/h3-5,7,25,30H,2,6,8-9H2,1H3,(H,26,27)/t22-/m0/s1. The number of carbonyl (C=O) groups is 2. The first-order chi connectivity index (χ1) is 14.7. The quantitative estimate of drug-likeness (QED) is 0.421. The topological polar surface area (TPSA) is 139 Å². The number of benzene rings is 1. The van der Waals surface area contributed by atoms with Crippen molar-refractivity contribution in [1.82, 2.24) is 9.55 Å². The van der Waals surface area contributed by atoms with Crippen LogP contribution in [0.2, 0.25) is 0 Å². The van der Waals surface area contributed by atoms with E-state index in [1.54, 1.807) is 19.1 Å². The molecule has 1 atom stereocenters. The van der Waals surface area contributed by atoms with Crippen molar-refractivity contribution in [3.05, 3.63) is 56.9 Å². The summed E-state index contributed by atoms with van der Waals surface area (Å²) in [5, 5.41) is 30.8. The van der Waals surface area contributed by atoms with Gasteiger partial charge in [-0.1, -0.05) is 6.92 Å². The number of nitrogens with zero attached hydrogens (tertiary/aromatic N) is 2. The Labute approximate surface area is 175 Å². The zero-order valence-electron chi connectivity index (χ0n) is 16.5. The summed E-state index contributed by atoms with van der Waals surface area (Å²) in [4.78, 5) is 41.7. The van der Waals surface area contributed by atoms with Crippen LogP contribution in [0.4, 0.5) is 0 Å². The third-order valence-electron chi connectivity index (χ3n) is 6.12. The molecule has 0 bridgehead atoms. The van der Waals surface area contributed by atoms with E-state index in [1.165, 1.54) is 16.7 Å². The predicted octanol–water partition coefficient (Wildman–Crippen LogP) is 1.41. The van der Waals surface area contributed by atoms with Crippen molar-refractivity contribution < 1.29 is 29.6 Å². The molecule has 9 heteroatoms. The number of phenols is 1. The lowest BCUT2D eigenvalue weighted by molar-refractivity contribution is -0.172. The van der Waals surface area contributed by atoms with Crippen LogP contribution in [0.15, 0.2) is 29.1 Å². The van der Waals surface area contributed by atoms with Crippen molar-refractivity contribution in [2.45, 2.75) is 38.5 Å². The number of aliphatic carboxylic acids is 1. The highest BCUT2D eigenvalue weighted by molar-refractivity contribution is 5.92. The number of phenolic OH excluding ortho intramolecular Hbond substituents is 1. The van der Waals surface area contributed by atoms with Gasteiger partial charge in [-0.05, 0) is 36.2 Å². The van der Waals surface area contributed by atoms with E-state index in [2.05, 4.69) is 4.98 Å². The van der Waals surface area contributed by atoms with Gasteiger partial charge in [0.15, 0.2) is 5.60 Å². The van der Waals surface area contributed by atoms with Gasteiger partial charge in [0.2, 0.25) is 0 Å². The SMILES string of the molecule is CC[C@@]1(O)C(=O)OCc2c1cc1n(c2=O)Cc2c-1nc1ccc(O)cc1c2CC(=O)O. The molecule has 4 heterocycles. The van der Waals surface area contributed by atoms with Gasteiger partial charge in [-0.15, -0.1) is 0 Å². The normalized spacial score (nSPS) is 19.0. The predicted molar refractivity (Wildman–Crippen MR) is 108 cm³/mol. The first-order valence-corrected chi connectivity index (χ1v) is 9.78. The van der Waals surface area contributed by atoms with E-state index < -0.39 is 23.1 Å². The van der Waals surface area contributed by atoms with Crippen LogP contribution in [-0.4, -0.2) is 36.8 Å². The third-order valence-corrected chi connectivity index (χ3v) is 6.12. The average molecular weight is 422 g/mol. The second kappa shape index (κ2) is 6.39. The van der Waals surface area contributed by atoms with Crippen molar-refractivity contribution in [2.75, 3.05) is 0 Å². The van der Waals surface area contributed by atoms with Crippen LogP contribution in [0, 0.1) is 0 Å². The molecule has 0 fully saturated rings. The molecule has 0 saturated heterocycles. The van der Waals surface area contributed by atoms with Gasteiger partial charge >= 0.3 is 11.9 Å². The van der Waals surface area contributed by atoms with Crippen molar-refractivity contribution in [3.8, 4) is 17.1 Å². The number of carboxylic acids is 1. The zero-order valence-corrected chi connectivity index (χ0v) is 16.5. The second-order valence-electron chi connectivity index (χ2n) is 7.79. The van der Waals surface area contributed by atoms with Crippen molar-refractivity contribution >= 4 is 22.8 Å². The summed E-state index contributed by atoms with van der Waals surface area (Å²) in [7, 11) is 0. The Morgan fingerprint density at radius 1 is 1.26 bits per heavy atom. The molecule has 3 N–H and O–H groups in total. The van der Waals surface area contributed by atoms with Gasteiger partial charge in [0.1, 0.15) is 12.4 Å². The average Bonchev–Trinajstić information content (AvgIpc) is 3.10. The molecule has 0 radical (unpaired) electrons. The number of aliphatic hydroxyl groups is 1. The van der Waals surface area contributed by atoms with Gasteiger partial charge in [0.05, 0.1) is 35.4 Å². The highest BCUT2D eigenvalue weighted by Gasteiger charge is 2.45. The fourth-order valence-electron chi connectivity index (χ4n) is 4.50. The van der Waals surface area contributed by atoms with E-state index in [0.29, 0.717) is 33.4 Å². The minimum Gasteiger partial charge on any atom is -0.508 e. The molecular weight excluding hydrogens is 404 g/mol. The number of cyclic esters (lactones) is 1. The maximum absolute atomic E-state index is 13.2. The molecule has 2 aromatic heterocycles. The number of hydrogen-bond acceptors (Lipinski definition) is 7. The lowest BCUT2D eigenvalue weighted by Crippen LogP contribution is -2.44. The van der Waals surface area contributed by atoms with Gasteiger partial charge in [-0.3, -0.25) is 9.59 Å². The number of esters is 1. The van der Waals surface area contributed by atoms with E-state index in [4.69, 9.17) is 4.74 Å².